The van der Waals surface area contributed by atoms with Gasteiger partial charge in [-0.2, -0.15) is 0 Å². The smallest absolute Gasteiger partial charge is 0.408 e. The summed E-state index contributed by atoms with van der Waals surface area (Å²) in [6.07, 6.45) is 0.643. The molecule has 0 aromatic heterocycles. The predicted octanol–water partition coefficient (Wildman–Crippen LogP) is 2.98. The Hall–Kier alpha value is -1.56. The summed E-state index contributed by atoms with van der Waals surface area (Å²) in [7, 11) is -3.29. The molecule has 0 aliphatic heterocycles. The fourth-order valence-electron chi connectivity index (χ4n) is 2.06. The molecule has 0 aliphatic rings. The van der Waals surface area contributed by atoms with Crippen LogP contribution in [0.2, 0.25) is 0 Å². The van der Waals surface area contributed by atoms with Crippen molar-refractivity contribution >= 4 is 15.9 Å². The van der Waals surface area contributed by atoms with Crippen molar-refractivity contribution in [1.29, 1.82) is 0 Å². The third-order valence-corrected chi connectivity index (χ3v) is 4.17. The summed E-state index contributed by atoms with van der Waals surface area (Å²) in [5.41, 5.74) is 0.820. The second kappa shape index (κ2) is 6.05. The molecule has 118 valence electrons. The van der Waals surface area contributed by atoms with Crippen molar-refractivity contribution in [2.45, 2.75) is 51.2 Å². The number of carbonyl (C=O) groups excluding carboxylic acids is 1. The Kier molecular flexibility index (Phi) is 5.04. The number of carbonyl (C=O) groups is 1. The number of nitrogens with one attached hydrogen (secondary N) is 1. The van der Waals surface area contributed by atoms with Gasteiger partial charge in [0.05, 0.1) is 10.9 Å². The van der Waals surface area contributed by atoms with E-state index >= 15 is 0 Å². The van der Waals surface area contributed by atoms with E-state index in [4.69, 9.17) is 4.74 Å². The molecule has 0 unspecified atom stereocenters. The molecule has 1 amide bonds. The van der Waals surface area contributed by atoms with Crippen molar-refractivity contribution in [2.75, 3.05) is 6.26 Å². The van der Waals surface area contributed by atoms with Crippen LogP contribution in [0.4, 0.5) is 4.79 Å². The molecule has 1 N–H and O–H groups in total. The number of alkyl carbamates (subject to hydrolysis) is 1. The SMILES string of the molecule is Cc1c([C@@H](C)NC(=O)OC(C)(C)C)cccc1S(C)(=O)=O. The monoisotopic (exact) mass is 313 g/mol. The lowest BCUT2D eigenvalue weighted by molar-refractivity contribution is 0.0508. The highest BCUT2D eigenvalue weighted by molar-refractivity contribution is 7.90. The van der Waals surface area contributed by atoms with E-state index in [1.165, 1.54) is 6.26 Å². The number of hydrogen-bond donors (Lipinski definition) is 1. The van der Waals surface area contributed by atoms with Gasteiger partial charge in [-0.3, -0.25) is 0 Å². The molecule has 21 heavy (non-hydrogen) atoms. The van der Waals surface area contributed by atoms with Crippen molar-refractivity contribution in [3.05, 3.63) is 29.3 Å². The summed E-state index contributed by atoms with van der Waals surface area (Å²) in [5, 5.41) is 2.72. The maximum absolute atomic E-state index is 11.8. The first kappa shape index (κ1) is 17.5. The second-order valence-corrected chi connectivity index (χ2v) is 8.09. The summed E-state index contributed by atoms with van der Waals surface area (Å²) < 4.78 is 28.7. The molecular weight excluding hydrogens is 290 g/mol. The molecule has 1 atom stereocenters. The van der Waals surface area contributed by atoms with Crippen LogP contribution in [0.15, 0.2) is 23.1 Å². The van der Waals surface area contributed by atoms with Crippen LogP contribution < -0.4 is 5.32 Å². The van der Waals surface area contributed by atoms with E-state index in [1.54, 1.807) is 52.8 Å². The minimum absolute atomic E-state index is 0.276. The van der Waals surface area contributed by atoms with Crippen LogP contribution in [-0.2, 0) is 14.6 Å². The normalized spacial score (nSPS) is 13.6. The molecule has 1 aromatic rings. The highest BCUT2D eigenvalue weighted by Crippen LogP contribution is 2.24. The van der Waals surface area contributed by atoms with E-state index in [1.807, 2.05) is 0 Å². The second-order valence-electron chi connectivity index (χ2n) is 6.11. The maximum Gasteiger partial charge on any atom is 0.408 e. The summed E-state index contributed by atoms with van der Waals surface area (Å²) in [5.74, 6) is 0. The topological polar surface area (TPSA) is 72.5 Å². The molecule has 0 saturated carbocycles. The van der Waals surface area contributed by atoms with Crippen LogP contribution in [0.3, 0.4) is 0 Å². The van der Waals surface area contributed by atoms with Gasteiger partial charge in [-0.1, -0.05) is 12.1 Å². The maximum atomic E-state index is 11.8. The van der Waals surface area contributed by atoms with Crippen LogP contribution in [0.25, 0.3) is 0 Å². The largest absolute Gasteiger partial charge is 0.444 e. The van der Waals surface area contributed by atoms with Gasteiger partial charge >= 0.3 is 6.09 Å². The Morgan fingerprint density at radius 2 is 1.86 bits per heavy atom. The zero-order chi connectivity index (χ0) is 16.4. The van der Waals surface area contributed by atoms with Crippen LogP contribution >= 0.6 is 0 Å². The molecule has 0 bridgehead atoms. The average Bonchev–Trinajstić information content (AvgIpc) is 2.24. The third-order valence-electron chi connectivity index (χ3n) is 2.93. The standard InChI is InChI=1S/C15H23NO4S/c1-10-12(8-7-9-13(10)21(6,18)19)11(2)16-14(17)20-15(3,4)5/h7-9,11H,1-6H3,(H,16,17)/t11-/m1/s1. The number of ether oxygens (including phenoxy) is 1. The van der Waals surface area contributed by atoms with Crippen LogP contribution in [0.1, 0.15) is 44.9 Å². The van der Waals surface area contributed by atoms with E-state index in [0.717, 1.165) is 5.56 Å². The van der Waals surface area contributed by atoms with E-state index in [-0.39, 0.29) is 10.9 Å². The third kappa shape index (κ3) is 5.04. The van der Waals surface area contributed by atoms with E-state index in [0.29, 0.717) is 5.56 Å². The molecule has 0 radical (unpaired) electrons. The summed E-state index contributed by atoms with van der Waals surface area (Å²) >= 11 is 0. The van der Waals surface area contributed by atoms with Gasteiger partial charge in [-0.15, -0.1) is 0 Å². The molecule has 0 spiro atoms. The summed E-state index contributed by atoms with van der Waals surface area (Å²) in [4.78, 5) is 12.1. The predicted molar refractivity (Wildman–Crippen MR) is 82.1 cm³/mol. The minimum Gasteiger partial charge on any atom is -0.444 e. The highest BCUT2D eigenvalue weighted by Gasteiger charge is 2.21. The van der Waals surface area contributed by atoms with E-state index in [9.17, 15) is 13.2 Å². The molecule has 0 aliphatic carbocycles. The summed E-state index contributed by atoms with van der Waals surface area (Å²) in [6.45, 7) is 8.88. The van der Waals surface area contributed by atoms with Gasteiger partial charge in [0.25, 0.3) is 0 Å². The van der Waals surface area contributed by atoms with Gasteiger partial charge in [0.2, 0.25) is 0 Å². The Balaban J connectivity index is 2.99. The van der Waals surface area contributed by atoms with Crippen molar-refractivity contribution in [1.82, 2.24) is 5.32 Å². The molecule has 5 nitrogen and oxygen atoms in total. The Bertz CT molecular complexity index is 630. The van der Waals surface area contributed by atoms with Crippen LogP contribution in [0, 0.1) is 6.92 Å². The first-order valence-corrected chi connectivity index (χ1v) is 8.60. The molecule has 6 heteroatoms. The lowest BCUT2D eigenvalue weighted by atomic mass is 10.0. The first-order chi connectivity index (χ1) is 9.42. The Morgan fingerprint density at radius 3 is 2.33 bits per heavy atom. The zero-order valence-corrected chi connectivity index (χ0v) is 14.2. The van der Waals surface area contributed by atoms with Gasteiger partial charge < -0.3 is 10.1 Å². The van der Waals surface area contributed by atoms with Crippen LogP contribution in [0.5, 0.6) is 0 Å². The van der Waals surface area contributed by atoms with Gasteiger partial charge in [-0.05, 0) is 51.8 Å². The molecule has 0 heterocycles. The fourth-order valence-corrected chi connectivity index (χ4v) is 3.06. The molecule has 1 aromatic carbocycles. The fraction of sp³-hybridized carbons (Fsp3) is 0.533. The Morgan fingerprint density at radius 1 is 1.29 bits per heavy atom. The van der Waals surface area contributed by atoms with Gasteiger partial charge in [0.15, 0.2) is 9.84 Å². The zero-order valence-electron chi connectivity index (χ0n) is 13.4. The van der Waals surface area contributed by atoms with Gasteiger partial charge in [0.1, 0.15) is 5.60 Å². The lowest BCUT2D eigenvalue weighted by Crippen LogP contribution is -2.34. The molecule has 0 saturated heterocycles. The number of hydrogen-bond acceptors (Lipinski definition) is 4. The molecule has 1 rings (SSSR count). The van der Waals surface area contributed by atoms with Crippen molar-refractivity contribution in [3.63, 3.8) is 0 Å². The quantitative estimate of drug-likeness (QED) is 0.931. The Labute approximate surface area is 126 Å². The number of rotatable bonds is 3. The average molecular weight is 313 g/mol. The molecule has 0 fully saturated rings. The number of benzene rings is 1. The summed E-state index contributed by atoms with van der Waals surface area (Å²) in [6, 6.07) is 4.69. The van der Waals surface area contributed by atoms with Crippen molar-refractivity contribution in [2.24, 2.45) is 0 Å². The molecular formula is C15H23NO4S. The van der Waals surface area contributed by atoms with Gasteiger partial charge in [0, 0.05) is 6.26 Å². The van der Waals surface area contributed by atoms with Crippen LogP contribution in [-0.4, -0.2) is 26.4 Å². The minimum atomic E-state index is -3.29. The lowest BCUT2D eigenvalue weighted by Gasteiger charge is -2.23. The van der Waals surface area contributed by atoms with Crippen molar-refractivity contribution < 1.29 is 17.9 Å². The van der Waals surface area contributed by atoms with E-state index in [2.05, 4.69) is 5.32 Å². The number of sulfone groups is 1. The van der Waals surface area contributed by atoms with Gasteiger partial charge in [-0.25, -0.2) is 13.2 Å². The van der Waals surface area contributed by atoms with E-state index < -0.39 is 21.5 Å². The number of amides is 1. The highest BCUT2D eigenvalue weighted by atomic mass is 32.2. The van der Waals surface area contributed by atoms with Crippen molar-refractivity contribution in [3.8, 4) is 0 Å². The first-order valence-electron chi connectivity index (χ1n) is 6.71.